The molecular weight excluding hydrogens is 334 g/mol. The molecule has 25 heavy (non-hydrogen) atoms. The third-order valence-corrected chi connectivity index (χ3v) is 5.24. The summed E-state index contributed by atoms with van der Waals surface area (Å²) in [5.74, 6) is -0.254. The Kier molecular flexibility index (Phi) is 4.09. The van der Waals surface area contributed by atoms with Crippen LogP contribution in [0.15, 0.2) is 18.2 Å². The first kappa shape index (κ1) is 18.1. The molecule has 0 radical (unpaired) electrons. The smallest absolute Gasteiger partial charge is 0.404 e. The molecule has 1 heterocycles. The van der Waals surface area contributed by atoms with Crippen LogP contribution >= 0.6 is 0 Å². The monoisotopic (exact) mass is 353 g/mol. The first-order chi connectivity index (χ1) is 11.4. The van der Waals surface area contributed by atoms with Crippen LogP contribution in [0.3, 0.4) is 0 Å². The van der Waals surface area contributed by atoms with Crippen LogP contribution in [0.25, 0.3) is 0 Å². The lowest BCUT2D eigenvalue weighted by atomic mass is 9.79. The molecule has 0 bridgehead atoms. The van der Waals surface area contributed by atoms with E-state index in [1.54, 1.807) is 12.1 Å². The highest BCUT2D eigenvalue weighted by Crippen LogP contribution is 2.58. The van der Waals surface area contributed by atoms with Gasteiger partial charge in [0.1, 0.15) is 11.8 Å². The van der Waals surface area contributed by atoms with E-state index < -0.39 is 23.3 Å². The maximum atomic E-state index is 12.4. The van der Waals surface area contributed by atoms with Gasteiger partial charge in [-0.3, -0.25) is 0 Å². The summed E-state index contributed by atoms with van der Waals surface area (Å²) in [6.45, 7) is 7.89. The predicted molar refractivity (Wildman–Crippen MR) is 85.0 cm³/mol. The minimum atomic E-state index is -4.82. The van der Waals surface area contributed by atoms with E-state index in [1.807, 2.05) is 27.7 Å². The maximum absolute atomic E-state index is 12.4. The van der Waals surface area contributed by atoms with E-state index in [2.05, 4.69) is 4.74 Å². The van der Waals surface area contributed by atoms with E-state index in [0.29, 0.717) is 0 Å². The van der Waals surface area contributed by atoms with Crippen molar-refractivity contribution in [2.75, 3.05) is 0 Å². The third kappa shape index (κ3) is 3.49. The molecule has 1 aromatic carbocycles. The first-order valence-electron chi connectivity index (χ1n) is 8.09. The summed E-state index contributed by atoms with van der Waals surface area (Å²) < 4.78 is 53.1. The molecular formula is C17H19BF3NO3. The second-order valence-corrected chi connectivity index (χ2v) is 7.55. The lowest BCUT2D eigenvalue weighted by Crippen LogP contribution is -2.41. The summed E-state index contributed by atoms with van der Waals surface area (Å²) >= 11 is 0. The number of nitriles is 1. The van der Waals surface area contributed by atoms with Crippen LogP contribution in [0.1, 0.15) is 51.2 Å². The van der Waals surface area contributed by atoms with Crippen molar-refractivity contribution < 1.29 is 27.2 Å². The van der Waals surface area contributed by atoms with Gasteiger partial charge in [-0.2, -0.15) is 5.26 Å². The van der Waals surface area contributed by atoms with Gasteiger partial charge in [0.25, 0.3) is 0 Å². The summed E-state index contributed by atoms with van der Waals surface area (Å²) in [5.41, 5.74) is -0.180. The Labute approximate surface area is 145 Å². The summed E-state index contributed by atoms with van der Waals surface area (Å²) in [6.07, 6.45) is -4.01. The standard InChI is InChI=1S/C17H19BF3NO3/c1-15(2)16(3,4)25-18(24-15)13-8-12(13)10-5-6-14(11(7-10)9-22)23-17(19,20)21/h5-7,12-13H,8H2,1-4H3/t12-,13+/m1/s1. The Balaban J connectivity index is 1.74. The molecule has 8 heteroatoms. The molecule has 3 rings (SSSR count). The molecule has 0 spiro atoms. The van der Waals surface area contributed by atoms with E-state index >= 15 is 0 Å². The second kappa shape index (κ2) is 5.65. The number of hydrogen-bond acceptors (Lipinski definition) is 4. The van der Waals surface area contributed by atoms with Crippen LogP contribution in [0.4, 0.5) is 13.2 Å². The van der Waals surface area contributed by atoms with Gasteiger partial charge in [0, 0.05) is 5.82 Å². The highest BCUT2D eigenvalue weighted by Gasteiger charge is 2.59. The highest BCUT2D eigenvalue weighted by atomic mass is 19.4. The fourth-order valence-corrected chi connectivity index (χ4v) is 3.04. The number of hydrogen-bond donors (Lipinski definition) is 0. The number of nitrogens with zero attached hydrogens (tertiary/aromatic N) is 1. The zero-order chi connectivity index (χ0) is 18.6. The van der Waals surface area contributed by atoms with Crippen LogP contribution in [-0.2, 0) is 9.31 Å². The Morgan fingerprint density at radius 3 is 2.32 bits per heavy atom. The van der Waals surface area contributed by atoms with Crippen molar-refractivity contribution >= 4 is 7.12 Å². The molecule has 1 saturated heterocycles. The Hall–Kier alpha value is -1.72. The topological polar surface area (TPSA) is 51.5 Å². The average Bonchev–Trinajstić information content (AvgIpc) is 3.21. The van der Waals surface area contributed by atoms with Crippen molar-refractivity contribution in [2.24, 2.45) is 0 Å². The number of halogens is 3. The van der Waals surface area contributed by atoms with Crippen LogP contribution < -0.4 is 4.74 Å². The van der Waals surface area contributed by atoms with Gasteiger partial charge in [-0.25, -0.2) is 0 Å². The van der Waals surface area contributed by atoms with Crippen LogP contribution in [0.2, 0.25) is 5.82 Å². The number of rotatable bonds is 3. The van der Waals surface area contributed by atoms with E-state index in [4.69, 9.17) is 14.6 Å². The maximum Gasteiger partial charge on any atom is 0.573 e. The zero-order valence-electron chi connectivity index (χ0n) is 14.5. The van der Waals surface area contributed by atoms with Gasteiger partial charge in [0.15, 0.2) is 0 Å². The van der Waals surface area contributed by atoms with E-state index in [1.165, 1.54) is 12.1 Å². The summed E-state index contributed by atoms with van der Waals surface area (Å²) in [4.78, 5) is 0. The molecule has 1 aromatic rings. The molecule has 0 aromatic heterocycles. The van der Waals surface area contributed by atoms with Crippen molar-refractivity contribution in [1.82, 2.24) is 0 Å². The predicted octanol–water partition coefficient (Wildman–Crippen LogP) is 4.41. The van der Waals surface area contributed by atoms with Gasteiger partial charge in [-0.1, -0.05) is 6.07 Å². The van der Waals surface area contributed by atoms with E-state index in [0.717, 1.165) is 12.0 Å². The van der Waals surface area contributed by atoms with Crippen molar-refractivity contribution in [3.63, 3.8) is 0 Å². The van der Waals surface area contributed by atoms with E-state index in [-0.39, 0.29) is 24.4 Å². The van der Waals surface area contributed by atoms with Gasteiger partial charge in [-0.15, -0.1) is 13.2 Å². The molecule has 2 atom stereocenters. The van der Waals surface area contributed by atoms with Gasteiger partial charge < -0.3 is 14.0 Å². The van der Waals surface area contributed by atoms with Crippen molar-refractivity contribution in [3.8, 4) is 11.8 Å². The fraction of sp³-hybridized carbons (Fsp3) is 0.588. The van der Waals surface area contributed by atoms with Crippen LogP contribution in [0, 0.1) is 11.3 Å². The van der Waals surface area contributed by atoms with Crippen molar-refractivity contribution in [2.45, 2.75) is 63.4 Å². The summed E-state index contributed by atoms with van der Waals surface area (Å²) in [6, 6.07) is 5.98. The summed E-state index contributed by atoms with van der Waals surface area (Å²) in [5, 5.41) is 9.11. The Morgan fingerprint density at radius 1 is 1.20 bits per heavy atom. The molecule has 0 N–H and O–H groups in total. The zero-order valence-corrected chi connectivity index (χ0v) is 14.5. The minimum absolute atomic E-state index is 0.0988. The molecule has 0 amide bonds. The molecule has 1 aliphatic carbocycles. The molecule has 4 nitrogen and oxygen atoms in total. The van der Waals surface area contributed by atoms with Gasteiger partial charge in [0.05, 0.1) is 16.8 Å². The second-order valence-electron chi connectivity index (χ2n) is 7.55. The molecule has 134 valence electrons. The fourth-order valence-electron chi connectivity index (χ4n) is 3.04. The van der Waals surface area contributed by atoms with Crippen LogP contribution in [-0.4, -0.2) is 24.7 Å². The molecule has 0 unspecified atom stereocenters. The largest absolute Gasteiger partial charge is 0.573 e. The lowest BCUT2D eigenvalue weighted by molar-refractivity contribution is -0.274. The average molecular weight is 353 g/mol. The third-order valence-electron chi connectivity index (χ3n) is 5.24. The first-order valence-corrected chi connectivity index (χ1v) is 8.09. The number of alkyl halides is 3. The molecule has 2 aliphatic rings. The SMILES string of the molecule is CC1(C)OB([C@H]2C[C@@H]2c2ccc(OC(F)(F)F)c(C#N)c2)OC1(C)C. The highest BCUT2D eigenvalue weighted by molar-refractivity contribution is 6.49. The van der Waals surface area contributed by atoms with Gasteiger partial charge in [-0.05, 0) is 57.7 Å². The lowest BCUT2D eigenvalue weighted by Gasteiger charge is -2.32. The Morgan fingerprint density at radius 2 is 1.80 bits per heavy atom. The van der Waals surface area contributed by atoms with Gasteiger partial charge in [0.2, 0.25) is 0 Å². The van der Waals surface area contributed by atoms with Crippen molar-refractivity contribution in [3.05, 3.63) is 29.3 Å². The molecule has 1 saturated carbocycles. The van der Waals surface area contributed by atoms with Crippen molar-refractivity contribution in [1.29, 1.82) is 5.26 Å². The van der Waals surface area contributed by atoms with Crippen LogP contribution in [0.5, 0.6) is 5.75 Å². The van der Waals surface area contributed by atoms with E-state index in [9.17, 15) is 13.2 Å². The molecule has 1 aliphatic heterocycles. The number of benzene rings is 1. The molecule has 2 fully saturated rings. The minimum Gasteiger partial charge on any atom is -0.404 e. The number of ether oxygens (including phenoxy) is 1. The Bertz CT molecular complexity index is 711. The summed E-state index contributed by atoms with van der Waals surface area (Å²) in [7, 11) is -0.355. The normalized spacial score (nSPS) is 27.0. The quantitative estimate of drug-likeness (QED) is 0.756. The van der Waals surface area contributed by atoms with Gasteiger partial charge >= 0.3 is 13.5 Å².